The minimum atomic E-state index is 0.965. The third kappa shape index (κ3) is 11.7. The second kappa shape index (κ2) is 29.6. The molecule has 9 aromatic heterocycles. The SMILES string of the molecule is c1ccc(-c2ccc(-n3c4ccccc4c4ccc(-c5ccnc6c5c5ccccc5n6-c5ccccc5)cc43)cc2)cc1.c1ccc(-n2c3ccccc3c3c(-c4ccc5c6ccccc6n(-c6ccc7ccccc7c6)c5c4)ccnc32)cc1.c1ccc(-n2c3ccccc3c3ccc(-c4ccnc5c4c4ccccc4n5-c4ccccc4)cc32)cc1. The van der Waals surface area contributed by atoms with Crippen LogP contribution in [0, 0.1) is 0 Å². The van der Waals surface area contributed by atoms with Gasteiger partial charge in [-0.1, -0.05) is 291 Å². The van der Waals surface area contributed by atoms with Crippen molar-refractivity contribution in [2.24, 2.45) is 0 Å². The molecule has 0 aliphatic rings. The zero-order valence-electron chi connectivity index (χ0n) is 67.3. The van der Waals surface area contributed by atoms with Gasteiger partial charge in [-0.05, 0) is 201 Å². The van der Waals surface area contributed by atoms with Crippen molar-refractivity contribution in [2.45, 2.75) is 0 Å². The van der Waals surface area contributed by atoms with Gasteiger partial charge in [0.1, 0.15) is 16.9 Å². The van der Waals surface area contributed by atoms with Crippen LogP contribution in [0.15, 0.2) is 455 Å². The van der Waals surface area contributed by atoms with Crippen molar-refractivity contribution in [1.29, 1.82) is 0 Å². The zero-order chi connectivity index (χ0) is 81.7. The molecule has 580 valence electrons. The van der Waals surface area contributed by atoms with E-state index in [0.29, 0.717) is 0 Å². The highest BCUT2D eigenvalue weighted by molar-refractivity contribution is 6.20. The highest BCUT2D eigenvalue weighted by Gasteiger charge is 2.25. The fraction of sp³-hybridized carbons (Fsp3) is 0. The largest absolute Gasteiger partial charge is 0.309 e. The Morgan fingerprint density at radius 1 is 0.145 bits per heavy atom. The summed E-state index contributed by atoms with van der Waals surface area (Å²) in [7, 11) is 0. The Bertz CT molecular complexity index is 8650. The lowest BCUT2D eigenvalue weighted by molar-refractivity contribution is 1.14. The second-order valence-corrected chi connectivity index (χ2v) is 31.8. The molecule has 9 heterocycles. The first-order valence-electron chi connectivity index (χ1n) is 42.2. The van der Waals surface area contributed by atoms with Crippen LogP contribution in [-0.2, 0) is 0 Å². The summed E-state index contributed by atoms with van der Waals surface area (Å²) in [6.07, 6.45) is 5.82. The summed E-state index contributed by atoms with van der Waals surface area (Å²) in [4.78, 5) is 14.8. The molecule has 0 N–H and O–H groups in total. The van der Waals surface area contributed by atoms with Crippen molar-refractivity contribution in [3.63, 3.8) is 0 Å². The highest BCUT2D eigenvalue weighted by Crippen LogP contribution is 2.46. The fourth-order valence-corrected chi connectivity index (χ4v) is 19.5. The third-order valence-electron chi connectivity index (χ3n) is 24.9. The molecule has 26 rings (SSSR count). The Balaban J connectivity index is 0.000000105. The maximum atomic E-state index is 4.93. The molecule has 17 aromatic carbocycles. The van der Waals surface area contributed by atoms with Crippen LogP contribution >= 0.6 is 0 Å². The second-order valence-electron chi connectivity index (χ2n) is 31.8. The summed E-state index contributed by atoms with van der Waals surface area (Å²) in [6, 6.07) is 156. The molecule has 26 aromatic rings. The van der Waals surface area contributed by atoms with E-state index in [9.17, 15) is 0 Å². The van der Waals surface area contributed by atoms with E-state index in [1.165, 1.54) is 153 Å². The Labute approximate surface area is 713 Å². The van der Waals surface area contributed by atoms with Gasteiger partial charge in [0, 0.05) is 117 Å². The molecule has 0 spiro atoms. The van der Waals surface area contributed by atoms with Gasteiger partial charge >= 0.3 is 0 Å². The molecular formula is C115H75N9. The number of hydrogen-bond acceptors (Lipinski definition) is 3. The maximum absolute atomic E-state index is 4.93. The lowest BCUT2D eigenvalue weighted by Crippen LogP contribution is -1.95. The van der Waals surface area contributed by atoms with Gasteiger partial charge < -0.3 is 13.7 Å². The summed E-state index contributed by atoms with van der Waals surface area (Å²) in [5.74, 6) is 0. The lowest BCUT2D eigenvalue weighted by Gasteiger charge is -2.11. The smallest absolute Gasteiger partial charge is 0.146 e. The molecule has 124 heavy (non-hydrogen) atoms. The quantitative estimate of drug-likeness (QED) is 0.137. The Morgan fingerprint density at radius 3 is 0.758 bits per heavy atom. The molecule has 0 saturated heterocycles. The summed E-state index contributed by atoms with van der Waals surface area (Å²) in [5.41, 5.74) is 29.9. The van der Waals surface area contributed by atoms with Crippen LogP contribution < -0.4 is 0 Å². The van der Waals surface area contributed by atoms with E-state index in [2.05, 4.69) is 464 Å². The number of nitrogens with zero attached hydrogens (tertiary/aromatic N) is 9. The van der Waals surface area contributed by atoms with E-state index in [1.807, 2.05) is 18.6 Å². The molecule has 0 radical (unpaired) electrons. The fourth-order valence-electron chi connectivity index (χ4n) is 19.5. The summed E-state index contributed by atoms with van der Waals surface area (Å²) >= 11 is 0. The minimum Gasteiger partial charge on any atom is -0.309 e. The van der Waals surface area contributed by atoms with Crippen molar-refractivity contribution >= 4 is 142 Å². The molecule has 0 fully saturated rings. The van der Waals surface area contributed by atoms with E-state index < -0.39 is 0 Å². The van der Waals surface area contributed by atoms with E-state index in [1.54, 1.807) is 0 Å². The normalized spacial score (nSPS) is 11.7. The van der Waals surface area contributed by atoms with Gasteiger partial charge in [0.25, 0.3) is 0 Å². The van der Waals surface area contributed by atoms with Gasteiger partial charge in [-0.2, -0.15) is 0 Å². The number of benzene rings is 17. The monoisotopic (exact) mass is 1580 g/mol. The van der Waals surface area contributed by atoms with Crippen molar-refractivity contribution in [3.05, 3.63) is 455 Å². The molecule has 9 heteroatoms. The standard InChI is InChI=1S/C41H27N3.C39H25N3.C35H23N3/c1-3-11-28(12-4-1)29-19-22-32(23-20-29)43-37-17-9-7-15-34(37)35-24-21-30(27-39(35)43)33-25-26-42-41-40(33)36-16-8-10-18-38(36)44(41)31-13-5-2-6-14-31;1-2-12-29(13-3-1)42-36-17-9-7-15-34(36)38-31(22-23-40-39(38)42)28-19-21-33-32-14-6-8-16-35(32)41(37(33)25-28)30-20-18-26-10-4-5-11-27(26)24-30;1-3-11-25(12-4-1)37-31-17-9-7-15-28(31)29-20-19-24(23-33(29)37)27-21-22-36-35-34(27)30-16-8-10-18-32(30)38(35)26-13-5-2-6-14-26/h1-27H;1-25H;1-23H. The molecule has 0 bridgehead atoms. The highest BCUT2D eigenvalue weighted by atomic mass is 15.1. The van der Waals surface area contributed by atoms with Crippen LogP contribution in [0.2, 0.25) is 0 Å². The molecule has 0 amide bonds. The molecule has 0 saturated carbocycles. The van der Waals surface area contributed by atoms with Gasteiger partial charge in [-0.25, -0.2) is 15.0 Å². The number of pyridine rings is 3. The van der Waals surface area contributed by atoms with Crippen molar-refractivity contribution < 1.29 is 0 Å². The van der Waals surface area contributed by atoms with Gasteiger partial charge in [0.05, 0.1) is 49.7 Å². The first-order chi connectivity index (χ1) is 61.6. The molecule has 0 aliphatic carbocycles. The van der Waals surface area contributed by atoms with Gasteiger partial charge in [-0.15, -0.1) is 0 Å². The van der Waals surface area contributed by atoms with Crippen molar-refractivity contribution in [1.82, 2.24) is 42.4 Å². The number of fused-ring (bicyclic) bond motifs is 19. The van der Waals surface area contributed by atoms with Gasteiger partial charge in [-0.3, -0.25) is 13.7 Å². The van der Waals surface area contributed by atoms with Crippen LogP contribution in [-0.4, -0.2) is 42.4 Å². The summed E-state index contributed by atoms with van der Waals surface area (Å²) in [5, 5.41) is 17.1. The van der Waals surface area contributed by atoms with Gasteiger partial charge in [0.15, 0.2) is 0 Å². The first kappa shape index (κ1) is 71.4. The van der Waals surface area contributed by atoms with Crippen LogP contribution in [0.1, 0.15) is 0 Å². The molecule has 0 atom stereocenters. The van der Waals surface area contributed by atoms with Crippen molar-refractivity contribution in [2.75, 3.05) is 0 Å². The van der Waals surface area contributed by atoms with E-state index in [0.717, 1.165) is 67.6 Å². The first-order valence-corrected chi connectivity index (χ1v) is 42.2. The predicted molar refractivity (Wildman–Crippen MR) is 518 cm³/mol. The average Bonchev–Trinajstić information content (AvgIpc) is 1.58. The van der Waals surface area contributed by atoms with E-state index >= 15 is 0 Å². The maximum Gasteiger partial charge on any atom is 0.146 e. The number of rotatable bonds is 10. The average molecular weight is 1580 g/mol. The van der Waals surface area contributed by atoms with Crippen LogP contribution in [0.3, 0.4) is 0 Å². The van der Waals surface area contributed by atoms with Crippen LogP contribution in [0.5, 0.6) is 0 Å². The van der Waals surface area contributed by atoms with Crippen LogP contribution in [0.4, 0.5) is 0 Å². The zero-order valence-corrected chi connectivity index (χ0v) is 67.3. The van der Waals surface area contributed by atoms with Crippen LogP contribution in [0.25, 0.3) is 221 Å². The minimum absolute atomic E-state index is 0.965. The third-order valence-corrected chi connectivity index (χ3v) is 24.9. The van der Waals surface area contributed by atoms with Gasteiger partial charge in [0.2, 0.25) is 0 Å². The number of aromatic nitrogens is 9. The van der Waals surface area contributed by atoms with E-state index in [4.69, 9.17) is 15.0 Å². The Kier molecular flexibility index (Phi) is 17.1. The summed E-state index contributed by atoms with van der Waals surface area (Å²) < 4.78 is 14.0. The Morgan fingerprint density at radius 2 is 0.395 bits per heavy atom. The molecule has 0 aliphatic heterocycles. The lowest BCUT2D eigenvalue weighted by atomic mass is 10.00. The Hall–Kier alpha value is -16.8. The molecular weight excluding hydrogens is 1510 g/mol. The van der Waals surface area contributed by atoms with E-state index in [-0.39, 0.29) is 0 Å². The topological polar surface area (TPSA) is 68.2 Å². The molecule has 9 nitrogen and oxygen atoms in total. The molecule has 0 unspecified atom stereocenters. The van der Waals surface area contributed by atoms with Crippen molar-refractivity contribution in [3.8, 4) is 78.6 Å². The number of hydrogen-bond donors (Lipinski definition) is 0. The number of para-hydroxylation sites is 10. The predicted octanol–water partition coefficient (Wildman–Crippen LogP) is 29.6. The summed E-state index contributed by atoms with van der Waals surface area (Å²) in [6.45, 7) is 0.